The zero-order valence-electron chi connectivity index (χ0n) is 17.4. The van der Waals surface area contributed by atoms with Crippen LogP contribution in [0.5, 0.6) is 0 Å². The van der Waals surface area contributed by atoms with E-state index in [0.717, 1.165) is 39.1 Å². The molecule has 0 bridgehead atoms. The van der Waals surface area contributed by atoms with Crippen molar-refractivity contribution in [1.82, 2.24) is 20.3 Å². The monoisotopic (exact) mass is 447 g/mol. The van der Waals surface area contributed by atoms with E-state index in [-0.39, 0.29) is 19.4 Å². The van der Waals surface area contributed by atoms with E-state index in [2.05, 4.69) is 25.6 Å². The van der Waals surface area contributed by atoms with E-state index in [9.17, 15) is 9.18 Å². The first kappa shape index (κ1) is 22.0. The molecule has 2 aliphatic heterocycles. The molecule has 2 fully saturated rings. The molecule has 0 saturated carbocycles. The Morgan fingerprint density at radius 2 is 2.16 bits per heavy atom. The first-order chi connectivity index (χ1) is 15.0. The van der Waals surface area contributed by atoms with Gasteiger partial charge >= 0.3 is 0 Å². The van der Waals surface area contributed by atoms with Gasteiger partial charge < -0.3 is 15.4 Å². The summed E-state index contributed by atoms with van der Waals surface area (Å²) in [5.41, 5.74) is -0.175. The van der Waals surface area contributed by atoms with Gasteiger partial charge in [0.2, 0.25) is 0 Å². The molecular weight excluding hydrogens is 421 g/mol. The minimum atomic E-state index is -1.84. The van der Waals surface area contributed by atoms with Gasteiger partial charge in [-0.1, -0.05) is 11.6 Å². The molecule has 2 N–H and O–H groups in total. The number of ether oxygens (including phenoxy) is 1. The van der Waals surface area contributed by atoms with Gasteiger partial charge in [0.1, 0.15) is 5.82 Å². The van der Waals surface area contributed by atoms with E-state index < -0.39 is 11.5 Å². The summed E-state index contributed by atoms with van der Waals surface area (Å²) in [4.78, 5) is 25.7. The van der Waals surface area contributed by atoms with Gasteiger partial charge in [0.25, 0.3) is 0 Å². The molecule has 0 aromatic carbocycles. The van der Waals surface area contributed by atoms with Crippen LogP contribution in [0.2, 0.25) is 5.02 Å². The Morgan fingerprint density at radius 3 is 2.94 bits per heavy atom. The molecule has 4 heterocycles. The Labute approximate surface area is 186 Å². The summed E-state index contributed by atoms with van der Waals surface area (Å²) in [6, 6.07) is 1.70. The van der Waals surface area contributed by atoms with E-state index in [1.165, 1.54) is 6.20 Å². The molecule has 1 atom stereocenters. The number of aromatic nitrogens is 3. The number of ketones is 1. The molecule has 0 unspecified atom stereocenters. The molecule has 31 heavy (non-hydrogen) atoms. The number of Topliss-reactive ketones (excluding diaryl/α,β-unsaturated/α-hetero) is 1. The molecule has 0 amide bonds. The van der Waals surface area contributed by atoms with E-state index >= 15 is 0 Å². The lowest BCUT2D eigenvalue weighted by Crippen LogP contribution is -2.48. The lowest BCUT2D eigenvalue weighted by molar-refractivity contribution is -0.131. The Hall–Kier alpha value is -2.16. The van der Waals surface area contributed by atoms with Gasteiger partial charge in [-0.05, 0) is 44.2 Å². The molecule has 2 aromatic heterocycles. The highest BCUT2D eigenvalue weighted by molar-refractivity contribution is 6.33. The Bertz CT molecular complexity index is 917. The van der Waals surface area contributed by atoms with E-state index in [1.807, 2.05) is 0 Å². The van der Waals surface area contributed by atoms with Crippen LogP contribution < -0.4 is 10.6 Å². The maximum absolute atomic E-state index is 14.9. The van der Waals surface area contributed by atoms with Crippen LogP contribution in [0.3, 0.4) is 0 Å². The second-order valence-electron chi connectivity index (χ2n) is 8.23. The normalized spacial score (nSPS) is 22.3. The van der Waals surface area contributed by atoms with E-state index in [1.54, 1.807) is 18.5 Å². The standard InChI is InChI=1S/C22H27ClFN5O2/c23-18-11-27-16(9-20(30)22(24)4-1-5-25-14-22)8-17(18)19-12-26-13-21(29-19)28-10-15-2-6-31-7-3-15/h8,11-13,15,25H,1-7,9-10,14H2,(H,28,29)/t22-/m1/s1. The highest BCUT2D eigenvalue weighted by atomic mass is 35.5. The summed E-state index contributed by atoms with van der Waals surface area (Å²) >= 11 is 6.36. The van der Waals surface area contributed by atoms with Crippen molar-refractivity contribution in [3.05, 3.63) is 35.4 Å². The third kappa shape index (κ3) is 5.56. The first-order valence-corrected chi connectivity index (χ1v) is 11.1. The quantitative estimate of drug-likeness (QED) is 0.673. The number of hydrogen-bond donors (Lipinski definition) is 2. The van der Waals surface area contributed by atoms with Gasteiger partial charge in [0, 0.05) is 43.8 Å². The van der Waals surface area contributed by atoms with Gasteiger partial charge in [-0.25, -0.2) is 9.37 Å². The summed E-state index contributed by atoms with van der Waals surface area (Å²) in [5, 5.41) is 6.70. The second kappa shape index (κ2) is 9.97. The van der Waals surface area contributed by atoms with Crippen molar-refractivity contribution in [3.63, 3.8) is 0 Å². The number of alkyl halides is 1. The van der Waals surface area contributed by atoms with Gasteiger partial charge in [-0.15, -0.1) is 0 Å². The van der Waals surface area contributed by atoms with Crippen molar-refractivity contribution in [2.24, 2.45) is 5.92 Å². The number of nitrogens with zero attached hydrogens (tertiary/aromatic N) is 3. The summed E-state index contributed by atoms with van der Waals surface area (Å²) in [6.45, 7) is 3.18. The number of pyridine rings is 1. The highest BCUT2D eigenvalue weighted by Gasteiger charge is 2.39. The third-order valence-corrected chi connectivity index (χ3v) is 6.21. The first-order valence-electron chi connectivity index (χ1n) is 10.7. The fourth-order valence-corrected chi connectivity index (χ4v) is 4.18. The van der Waals surface area contributed by atoms with Crippen molar-refractivity contribution < 1.29 is 13.9 Å². The second-order valence-corrected chi connectivity index (χ2v) is 8.63. The predicted octanol–water partition coefficient (Wildman–Crippen LogP) is 3.23. The third-order valence-electron chi connectivity index (χ3n) is 5.91. The van der Waals surface area contributed by atoms with Crippen LogP contribution in [0.4, 0.5) is 10.2 Å². The molecule has 2 aromatic rings. The smallest absolute Gasteiger partial charge is 0.181 e. The SMILES string of the molecule is O=C(Cc1cc(-c2cncc(NCC3CCOCC3)n2)c(Cl)cn1)[C@@]1(F)CCCNC1. The molecule has 2 aliphatic rings. The maximum atomic E-state index is 14.9. The summed E-state index contributed by atoms with van der Waals surface area (Å²) in [6.07, 6.45) is 7.62. The average molecular weight is 448 g/mol. The number of rotatable bonds is 7. The van der Waals surface area contributed by atoms with Crippen LogP contribution >= 0.6 is 11.6 Å². The minimum Gasteiger partial charge on any atom is -0.381 e. The van der Waals surface area contributed by atoms with E-state index in [4.69, 9.17) is 16.3 Å². The number of carbonyl (C=O) groups is 1. The number of hydrogen-bond acceptors (Lipinski definition) is 7. The molecule has 9 heteroatoms. The van der Waals surface area contributed by atoms with Crippen LogP contribution in [-0.2, 0) is 16.0 Å². The van der Waals surface area contributed by atoms with Gasteiger partial charge in [-0.2, -0.15) is 0 Å². The summed E-state index contributed by atoms with van der Waals surface area (Å²) < 4.78 is 20.3. The lowest BCUT2D eigenvalue weighted by Gasteiger charge is -2.28. The molecule has 166 valence electrons. The molecular formula is C22H27ClFN5O2. The van der Waals surface area contributed by atoms with E-state index in [0.29, 0.717) is 40.1 Å². The lowest BCUT2D eigenvalue weighted by atomic mass is 9.89. The van der Waals surface area contributed by atoms with Crippen molar-refractivity contribution in [2.45, 2.75) is 37.8 Å². The summed E-state index contributed by atoms with van der Waals surface area (Å²) in [5.74, 6) is 0.743. The highest BCUT2D eigenvalue weighted by Crippen LogP contribution is 2.29. The molecule has 2 saturated heterocycles. The number of halogens is 2. The summed E-state index contributed by atoms with van der Waals surface area (Å²) in [7, 11) is 0. The fraction of sp³-hybridized carbons (Fsp3) is 0.545. The van der Waals surface area contributed by atoms with Gasteiger partial charge in [-0.3, -0.25) is 14.8 Å². The number of nitrogens with one attached hydrogen (secondary N) is 2. The minimum absolute atomic E-state index is 0.0542. The Kier molecular flexibility index (Phi) is 7.09. The van der Waals surface area contributed by atoms with Gasteiger partial charge in [0.15, 0.2) is 11.5 Å². The number of piperidine rings is 1. The van der Waals surface area contributed by atoms with Crippen molar-refractivity contribution in [3.8, 4) is 11.3 Å². The predicted molar refractivity (Wildman–Crippen MR) is 117 cm³/mol. The van der Waals surface area contributed by atoms with Crippen LogP contribution in [0.15, 0.2) is 24.7 Å². The van der Waals surface area contributed by atoms with Crippen LogP contribution in [-0.4, -0.2) is 59.3 Å². The number of anilines is 1. The molecule has 4 rings (SSSR count). The van der Waals surface area contributed by atoms with Crippen molar-refractivity contribution >= 4 is 23.2 Å². The topological polar surface area (TPSA) is 89.0 Å². The van der Waals surface area contributed by atoms with Crippen molar-refractivity contribution in [1.29, 1.82) is 0 Å². The van der Waals surface area contributed by atoms with Gasteiger partial charge in [0.05, 0.1) is 29.5 Å². The van der Waals surface area contributed by atoms with Crippen LogP contribution in [0, 0.1) is 5.92 Å². The van der Waals surface area contributed by atoms with Crippen LogP contribution in [0.25, 0.3) is 11.3 Å². The average Bonchev–Trinajstić information content (AvgIpc) is 2.80. The molecule has 0 aliphatic carbocycles. The molecule has 7 nitrogen and oxygen atoms in total. The Balaban J connectivity index is 1.47. The van der Waals surface area contributed by atoms with Crippen molar-refractivity contribution in [2.75, 3.05) is 38.2 Å². The Morgan fingerprint density at radius 1 is 1.32 bits per heavy atom. The zero-order valence-corrected chi connectivity index (χ0v) is 18.1. The maximum Gasteiger partial charge on any atom is 0.181 e. The zero-order chi connectivity index (χ0) is 21.7. The van der Waals surface area contributed by atoms with Crippen LogP contribution in [0.1, 0.15) is 31.4 Å². The fourth-order valence-electron chi connectivity index (χ4n) is 3.98. The number of carbonyl (C=O) groups excluding carboxylic acids is 1. The molecule has 0 radical (unpaired) electrons. The molecule has 0 spiro atoms. The largest absolute Gasteiger partial charge is 0.381 e.